The van der Waals surface area contributed by atoms with E-state index in [1.807, 2.05) is 0 Å². The molecular weight excluding hydrogens is 168 g/mol. The third kappa shape index (κ3) is 1.46. The molecule has 0 atom stereocenters. The topological polar surface area (TPSA) is 56.0 Å². The van der Waals surface area contributed by atoms with Gasteiger partial charge >= 0.3 is 0 Å². The summed E-state index contributed by atoms with van der Waals surface area (Å²) in [6.45, 7) is 0. The summed E-state index contributed by atoms with van der Waals surface area (Å²) in [6, 6.07) is 3.29. The summed E-state index contributed by atoms with van der Waals surface area (Å²) in [5.74, 6) is 0.498. The number of aldehydes is 1. The van der Waals surface area contributed by atoms with Crippen LogP contribution in [0.5, 0.6) is 0 Å². The number of carbonyl (C=O) groups excluding carboxylic acids is 1. The van der Waals surface area contributed by atoms with Gasteiger partial charge in [-0.1, -0.05) is 0 Å². The Labute approximate surface area is 74.2 Å². The molecule has 13 heavy (non-hydrogen) atoms. The van der Waals surface area contributed by atoms with Gasteiger partial charge in [0.1, 0.15) is 12.0 Å². The highest BCUT2D eigenvalue weighted by atomic mass is 16.3. The largest absolute Gasteiger partial charge is 0.472 e. The minimum Gasteiger partial charge on any atom is -0.472 e. The van der Waals surface area contributed by atoms with Gasteiger partial charge in [-0.05, 0) is 12.1 Å². The van der Waals surface area contributed by atoms with E-state index in [1.165, 1.54) is 12.5 Å². The van der Waals surface area contributed by atoms with E-state index in [-0.39, 0.29) is 0 Å². The van der Waals surface area contributed by atoms with Crippen molar-refractivity contribution in [2.75, 3.05) is 0 Å². The predicted octanol–water partition coefficient (Wildman–Crippen LogP) is 1.55. The van der Waals surface area contributed by atoms with Crippen LogP contribution in [0.4, 0.5) is 0 Å². The van der Waals surface area contributed by atoms with E-state index >= 15 is 0 Å². The van der Waals surface area contributed by atoms with Crippen LogP contribution in [0.1, 0.15) is 10.5 Å². The van der Waals surface area contributed by atoms with Crippen molar-refractivity contribution in [2.24, 2.45) is 0 Å². The maximum Gasteiger partial charge on any atom is 0.168 e. The summed E-state index contributed by atoms with van der Waals surface area (Å²) >= 11 is 0. The van der Waals surface area contributed by atoms with Gasteiger partial charge in [-0.3, -0.25) is 4.79 Å². The van der Waals surface area contributed by atoms with Crippen LogP contribution in [0.25, 0.3) is 11.4 Å². The summed E-state index contributed by atoms with van der Waals surface area (Å²) in [5, 5.41) is 0. The molecule has 0 aliphatic carbocycles. The lowest BCUT2D eigenvalue weighted by Crippen LogP contribution is -1.91. The lowest BCUT2D eigenvalue weighted by atomic mass is 10.3. The van der Waals surface area contributed by atoms with Gasteiger partial charge in [-0.2, -0.15) is 0 Å². The molecule has 2 rings (SSSR count). The lowest BCUT2D eigenvalue weighted by Gasteiger charge is -1.94. The lowest BCUT2D eigenvalue weighted by molar-refractivity contribution is 0.111. The van der Waals surface area contributed by atoms with Crippen molar-refractivity contribution >= 4 is 6.29 Å². The van der Waals surface area contributed by atoms with Gasteiger partial charge in [0.25, 0.3) is 0 Å². The Morgan fingerprint density at radius 2 is 2.31 bits per heavy atom. The number of furan rings is 1. The van der Waals surface area contributed by atoms with E-state index < -0.39 is 0 Å². The molecule has 0 amide bonds. The van der Waals surface area contributed by atoms with E-state index in [0.29, 0.717) is 17.8 Å². The molecule has 2 heterocycles. The third-order valence-corrected chi connectivity index (χ3v) is 1.58. The standard InChI is InChI=1S/C9H6N2O2/c12-5-8-1-3-10-9(11-8)7-2-4-13-6-7/h1-6H. The first-order valence-corrected chi connectivity index (χ1v) is 3.71. The SMILES string of the molecule is O=Cc1ccnc(-c2ccoc2)n1. The van der Waals surface area contributed by atoms with Gasteiger partial charge in [0.2, 0.25) is 0 Å². The van der Waals surface area contributed by atoms with Crippen LogP contribution in [-0.4, -0.2) is 16.3 Å². The Balaban J connectivity index is 2.47. The van der Waals surface area contributed by atoms with Gasteiger partial charge in [0, 0.05) is 6.20 Å². The zero-order valence-corrected chi connectivity index (χ0v) is 6.68. The van der Waals surface area contributed by atoms with Gasteiger partial charge in [0.15, 0.2) is 12.1 Å². The molecule has 0 N–H and O–H groups in total. The van der Waals surface area contributed by atoms with Crippen molar-refractivity contribution in [2.45, 2.75) is 0 Å². The van der Waals surface area contributed by atoms with Crippen molar-refractivity contribution in [3.63, 3.8) is 0 Å². The summed E-state index contributed by atoms with van der Waals surface area (Å²) < 4.78 is 4.87. The zero-order valence-electron chi connectivity index (χ0n) is 6.68. The highest BCUT2D eigenvalue weighted by Crippen LogP contribution is 2.13. The Hall–Kier alpha value is -1.97. The molecule has 0 unspecified atom stereocenters. The minimum atomic E-state index is 0.367. The van der Waals surface area contributed by atoms with Gasteiger partial charge in [-0.25, -0.2) is 9.97 Å². The molecular formula is C9H6N2O2. The first-order chi connectivity index (χ1) is 6.40. The third-order valence-electron chi connectivity index (χ3n) is 1.58. The van der Waals surface area contributed by atoms with Crippen LogP contribution in [0.3, 0.4) is 0 Å². The van der Waals surface area contributed by atoms with Crippen LogP contribution in [-0.2, 0) is 0 Å². The van der Waals surface area contributed by atoms with Crippen molar-refractivity contribution < 1.29 is 9.21 Å². The summed E-state index contributed by atoms with van der Waals surface area (Å²) in [6.07, 6.45) is 5.29. The van der Waals surface area contributed by atoms with Gasteiger partial charge in [-0.15, -0.1) is 0 Å². The van der Waals surface area contributed by atoms with Crippen molar-refractivity contribution in [1.29, 1.82) is 0 Å². The number of hydrogen-bond donors (Lipinski definition) is 0. The van der Waals surface area contributed by atoms with E-state index in [1.54, 1.807) is 18.3 Å². The fourth-order valence-electron chi connectivity index (χ4n) is 0.969. The molecule has 4 nitrogen and oxygen atoms in total. The molecule has 0 fully saturated rings. The molecule has 0 saturated heterocycles. The molecule has 2 aromatic rings. The van der Waals surface area contributed by atoms with E-state index in [2.05, 4.69) is 9.97 Å². The van der Waals surface area contributed by atoms with Crippen molar-refractivity contribution in [3.05, 3.63) is 36.5 Å². The monoisotopic (exact) mass is 174 g/mol. The Morgan fingerprint density at radius 3 is 3.00 bits per heavy atom. The molecule has 4 heteroatoms. The number of rotatable bonds is 2. The predicted molar refractivity (Wildman–Crippen MR) is 45.1 cm³/mol. The Kier molecular flexibility index (Phi) is 1.88. The fraction of sp³-hybridized carbons (Fsp3) is 0. The van der Waals surface area contributed by atoms with E-state index in [0.717, 1.165) is 5.56 Å². The van der Waals surface area contributed by atoms with Crippen LogP contribution in [0, 0.1) is 0 Å². The average molecular weight is 174 g/mol. The molecule has 0 spiro atoms. The highest BCUT2D eigenvalue weighted by Gasteiger charge is 2.02. The number of aromatic nitrogens is 2. The summed E-state index contributed by atoms with van der Waals surface area (Å²) in [7, 11) is 0. The highest BCUT2D eigenvalue weighted by molar-refractivity contribution is 5.72. The zero-order chi connectivity index (χ0) is 9.10. The molecule has 0 bridgehead atoms. The van der Waals surface area contributed by atoms with E-state index in [4.69, 9.17) is 4.42 Å². The first kappa shape index (κ1) is 7.67. The smallest absolute Gasteiger partial charge is 0.168 e. The quantitative estimate of drug-likeness (QED) is 0.648. The second-order valence-corrected chi connectivity index (χ2v) is 2.43. The Morgan fingerprint density at radius 1 is 1.38 bits per heavy atom. The van der Waals surface area contributed by atoms with E-state index in [9.17, 15) is 4.79 Å². The molecule has 0 aromatic carbocycles. The number of carbonyl (C=O) groups is 1. The maximum absolute atomic E-state index is 10.4. The second-order valence-electron chi connectivity index (χ2n) is 2.43. The minimum absolute atomic E-state index is 0.367. The number of hydrogen-bond acceptors (Lipinski definition) is 4. The van der Waals surface area contributed by atoms with Crippen molar-refractivity contribution in [3.8, 4) is 11.4 Å². The molecule has 64 valence electrons. The maximum atomic E-state index is 10.4. The van der Waals surface area contributed by atoms with Gasteiger partial charge in [0.05, 0.1) is 11.8 Å². The van der Waals surface area contributed by atoms with Crippen LogP contribution >= 0.6 is 0 Å². The van der Waals surface area contributed by atoms with Crippen molar-refractivity contribution in [1.82, 2.24) is 9.97 Å². The molecule has 0 aliphatic heterocycles. The molecule has 2 aromatic heterocycles. The average Bonchev–Trinajstić information content (AvgIpc) is 2.71. The first-order valence-electron chi connectivity index (χ1n) is 3.71. The van der Waals surface area contributed by atoms with Crippen LogP contribution in [0.2, 0.25) is 0 Å². The second kappa shape index (κ2) is 3.18. The molecule has 0 saturated carbocycles. The molecule has 0 radical (unpaired) electrons. The Bertz CT molecular complexity index is 409. The number of nitrogens with zero attached hydrogens (tertiary/aromatic N) is 2. The summed E-state index contributed by atoms with van der Waals surface area (Å²) in [5.41, 5.74) is 1.13. The van der Waals surface area contributed by atoms with Crippen LogP contribution < -0.4 is 0 Å². The normalized spacial score (nSPS) is 9.85. The van der Waals surface area contributed by atoms with Gasteiger partial charge < -0.3 is 4.42 Å². The fourth-order valence-corrected chi connectivity index (χ4v) is 0.969. The molecule has 0 aliphatic rings. The summed E-state index contributed by atoms with van der Waals surface area (Å²) in [4.78, 5) is 18.4. The van der Waals surface area contributed by atoms with Crippen LogP contribution in [0.15, 0.2) is 35.3 Å².